The maximum atomic E-state index is 13.1. The molecule has 28 heavy (non-hydrogen) atoms. The van der Waals surface area contributed by atoms with Gasteiger partial charge in [-0.1, -0.05) is 11.8 Å². The summed E-state index contributed by atoms with van der Waals surface area (Å²) in [6, 6.07) is 3.37. The molecule has 1 aliphatic rings. The molecule has 1 aliphatic heterocycles. The van der Waals surface area contributed by atoms with Gasteiger partial charge in [-0.25, -0.2) is 4.98 Å². The van der Waals surface area contributed by atoms with Crippen LogP contribution in [0.1, 0.15) is 17.0 Å². The van der Waals surface area contributed by atoms with Gasteiger partial charge in [-0.2, -0.15) is 13.2 Å². The molecule has 152 valence electrons. The molecule has 2 heterocycles. The summed E-state index contributed by atoms with van der Waals surface area (Å²) < 4.78 is 50.0. The molecule has 0 bridgehead atoms. The van der Waals surface area contributed by atoms with E-state index in [-0.39, 0.29) is 11.4 Å². The van der Waals surface area contributed by atoms with E-state index in [1.807, 2.05) is 4.90 Å². The number of aryl methyl sites for hydroxylation is 2. The minimum absolute atomic E-state index is 0.0296. The van der Waals surface area contributed by atoms with Crippen LogP contribution in [0.3, 0.4) is 0 Å². The molecule has 6 nitrogen and oxygen atoms in total. The van der Waals surface area contributed by atoms with Gasteiger partial charge in [-0.3, -0.25) is 4.79 Å². The van der Waals surface area contributed by atoms with E-state index in [4.69, 9.17) is 9.15 Å². The number of rotatable bonds is 5. The smallest absolute Gasteiger partial charge is 0.416 e. The Labute approximate surface area is 164 Å². The molecule has 1 fully saturated rings. The van der Waals surface area contributed by atoms with Gasteiger partial charge in [0.1, 0.15) is 5.76 Å². The van der Waals surface area contributed by atoms with Gasteiger partial charge >= 0.3 is 6.18 Å². The number of hydrogen-bond donors (Lipinski definition) is 1. The van der Waals surface area contributed by atoms with Crippen LogP contribution in [0, 0.1) is 13.8 Å². The second-order valence-electron chi connectivity index (χ2n) is 6.29. The van der Waals surface area contributed by atoms with E-state index in [0.29, 0.717) is 43.0 Å². The quantitative estimate of drug-likeness (QED) is 0.748. The molecule has 1 saturated heterocycles. The lowest BCUT2D eigenvalue weighted by atomic mass is 10.1. The number of carbonyl (C=O) groups excluding carboxylic acids is 1. The Hall–Kier alpha value is -2.20. The highest BCUT2D eigenvalue weighted by Gasteiger charge is 2.32. The van der Waals surface area contributed by atoms with E-state index < -0.39 is 17.6 Å². The molecular weight excluding hydrogens is 395 g/mol. The molecule has 1 amide bonds. The molecule has 0 aliphatic carbocycles. The third kappa shape index (κ3) is 4.99. The number of benzene rings is 1. The van der Waals surface area contributed by atoms with Gasteiger partial charge in [0.2, 0.25) is 5.91 Å². The van der Waals surface area contributed by atoms with Crippen LogP contribution in [0.4, 0.5) is 24.5 Å². The molecule has 0 atom stereocenters. The Balaban J connectivity index is 1.76. The highest BCUT2D eigenvalue weighted by atomic mass is 32.2. The Morgan fingerprint density at radius 1 is 1.29 bits per heavy atom. The lowest BCUT2D eigenvalue weighted by Gasteiger charge is -2.31. The van der Waals surface area contributed by atoms with E-state index in [1.165, 1.54) is 6.07 Å². The summed E-state index contributed by atoms with van der Waals surface area (Å²) in [5.41, 5.74) is 0.585. The molecule has 1 aromatic heterocycles. The van der Waals surface area contributed by atoms with Crippen LogP contribution in [0.5, 0.6) is 0 Å². The van der Waals surface area contributed by atoms with E-state index in [9.17, 15) is 18.0 Å². The van der Waals surface area contributed by atoms with Crippen molar-refractivity contribution >= 4 is 29.0 Å². The molecule has 3 rings (SSSR count). The zero-order chi connectivity index (χ0) is 20.3. The number of nitrogens with zero attached hydrogens (tertiary/aromatic N) is 2. The molecular formula is C18H20F3N3O3S. The molecule has 0 spiro atoms. The Morgan fingerprint density at radius 2 is 2.00 bits per heavy atom. The van der Waals surface area contributed by atoms with Crippen LogP contribution in [-0.4, -0.2) is 42.9 Å². The SMILES string of the molecule is Cc1nc(SCC(=O)Nc2cc(C(F)(F)F)ccc2N2CCOCC2)oc1C. The monoisotopic (exact) mass is 415 g/mol. The standard InChI is InChI=1S/C18H20F3N3O3S/c1-11-12(2)27-17(22-11)28-10-16(25)23-14-9-13(18(19,20)21)3-4-15(14)24-5-7-26-8-6-24/h3-4,9H,5-8,10H2,1-2H3,(H,23,25). The lowest BCUT2D eigenvalue weighted by molar-refractivity contribution is -0.137. The van der Waals surface area contributed by atoms with Crippen LogP contribution in [-0.2, 0) is 15.7 Å². The van der Waals surface area contributed by atoms with Crippen molar-refractivity contribution in [2.75, 3.05) is 42.3 Å². The zero-order valence-corrected chi connectivity index (χ0v) is 16.2. The van der Waals surface area contributed by atoms with Crippen LogP contribution in [0.2, 0.25) is 0 Å². The Morgan fingerprint density at radius 3 is 2.61 bits per heavy atom. The molecule has 0 unspecified atom stereocenters. The van der Waals surface area contributed by atoms with Gasteiger partial charge in [-0.05, 0) is 32.0 Å². The fourth-order valence-electron chi connectivity index (χ4n) is 2.71. The number of carbonyl (C=O) groups is 1. The average Bonchev–Trinajstić information content (AvgIpc) is 2.98. The van der Waals surface area contributed by atoms with E-state index in [1.54, 1.807) is 13.8 Å². The number of thioether (sulfide) groups is 1. The van der Waals surface area contributed by atoms with Gasteiger partial charge < -0.3 is 19.4 Å². The average molecular weight is 415 g/mol. The Bertz CT molecular complexity index is 829. The topological polar surface area (TPSA) is 67.6 Å². The van der Waals surface area contributed by atoms with E-state index in [0.717, 1.165) is 29.6 Å². The zero-order valence-electron chi connectivity index (χ0n) is 15.4. The van der Waals surface area contributed by atoms with Gasteiger partial charge in [-0.15, -0.1) is 0 Å². The third-order valence-corrected chi connectivity index (χ3v) is 5.11. The number of nitrogens with one attached hydrogen (secondary N) is 1. The fourth-order valence-corrected chi connectivity index (χ4v) is 3.42. The second-order valence-corrected chi connectivity index (χ2v) is 7.21. The summed E-state index contributed by atoms with van der Waals surface area (Å²) in [5, 5.41) is 2.95. The van der Waals surface area contributed by atoms with Crippen molar-refractivity contribution in [2.24, 2.45) is 0 Å². The molecule has 0 saturated carbocycles. The van der Waals surface area contributed by atoms with Crippen molar-refractivity contribution in [2.45, 2.75) is 25.2 Å². The van der Waals surface area contributed by atoms with Gasteiger partial charge in [0.25, 0.3) is 5.22 Å². The summed E-state index contributed by atoms with van der Waals surface area (Å²) in [6.07, 6.45) is -4.50. The van der Waals surface area contributed by atoms with Crippen molar-refractivity contribution in [3.63, 3.8) is 0 Å². The number of amides is 1. The summed E-state index contributed by atoms with van der Waals surface area (Å²) in [7, 11) is 0. The van der Waals surface area contributed by atoms with Crippen LogP contribution in [0.25, 0.3) is 0 Å². The number of halogens is 3. The minimum Gasteiger partial charge on any atom is -0.437 e. The minimum atomic E-state index is -4.50. The first-order valence-electron chi connectivity index (χ1n) is 8.64. The molecule has 0 radical (unpaired) electrons. The summed E-state index contributed by atoms with van der Waals surface area (Å²) in [4.78, 5) is 18.4. The summed E-state index contributed by atoms with van der Waals surface area (Å²) in [6.45, 7) is 5.60. The van der Waals surface area contributed by atoms with Crippen LogP contribution in [0.15, 0.2) is 27.8 Å². The number of oxazole rings is 1. The van der Waals surface area contributed by atoms with E-state index >= 15 is 0 Å². The number of alkyl halides is 3. The maximum absolute atomic E-state index is 13.1. The lowest BCUT2D eigenvalue weighted by Crippen LogP contribution is -2.37. The molecule has 1 N–H and O–H groups in total. The van der Waals surface area contributed by atoms with Crippen molar-refractivity contribution in [1.82, 2.24) is 4.98 Å². The molecule has 1 aromatic carbocycles. The van der Waals surface area contributed by atoms with Crippen molar-refractivity contribution in [3.05, 3.63) is 35.2 Å². The third-order valence-electron chi connectivity index (χ3n) is 4.29. The first-order chi connectivity index (χ1) is 13.2. The first-order valence-corrected chi connectivity index (χ1v) is 9.63. The number of morpholine rings is 1. The number of hydrogen-bond acceptors (Lipinski definition) is 6. The molecule has 10 heteroatoms. The maximum Gasteiger partial charge on any atom is 0.416 e. The normalized spacial score (nSPS) is 15.0. The van der Waals surface area contributed by atoms with Gasteiger partial charge in [0, 0.05) is 13.1 Å². The van der Waals surface area contributed by atoms with Crippen LogP contribution < -0.4 is 10.2 Å². The predicted octanol–water partition coefficient (Wildman–Crippen LogP) is 3.88. The summed E-state index contributed by atoms with van der Waals surface area (Å²) in [5.74, 6) is 0.195. The number of anilines is 2. The second kappa shape index (κ2) is 8.44. The number of ether oxygens (including phenoxy) is 1. The van der Waals surface area contributed by atoms with Gasteiger partial charge in [0.15, 0.2) is 0 Å². The van der Waals surface area contributed by atoms with Gasteiger partial charge in [0.05, 0.1) is 41.6 Å². The summed E-state index contributed by atoms with van der Waals surface area (Å²) >= 11 is 1.09. The predicted molar refractivity (Wildman–Crippen MR) is 99.8 cm³/mol. The highest BCUT2D eigenvalue weighted by Crippen LogP contribution is 2.36. The van der Waals surface area contributed by atoms with E-state index in [2.05, 4.69) is 10.3 Å². The number of aromatic nitrogens is 1. The van der Waals surface area contributed by atoms with Crippen molar-refractivity contribution in [3.8, 4) is 0 Å². The van der Waals surface area contributed by atoms with Crippen molar-refractivity contribution < 1.29 is 27.1 Å². The largest absolute Gasteiger partial charge is 0.437 e. The van der Waals surface area contributed by atoms with Crippen molar-refractivity contribution in [1.29, 1.82) is 0 Å². The highest BCUT2D eigenvalue weighted by molar-refractivity contribution is 7.99. The first kappa shape index (κ1) is 20.5. The fraction of sp³-hybridized carbons (Fsp3) is 0.444. The Kier molecular flexibility index (Phi) is 6.19. The van der Waals surface area contributed by atoms with Crippen LogP contribution >= 0.6 is 11.8 Å². The molecule has 2 aromatic rings.